The zero-order valence-corrected chi connectivity index (χ0v) is 14.8. The van der Waals surface area contributed by atoms with Gasteiger partial charge in [0.1, 0.15) is 5.58 Å². The molecule has 1 fully saturated rings. The van der Waals surface area contributed by atoms with Crippen LogP contribution in [-0.2, 0) is 13.1 Å². The molecule has 0 saturated carbocycles. The van der Waals surface area contributed by atoms with Crippen LogP contribution in [0.15, 0.2) is 40.5 Å². The predicted octanol–water partition coefficient (Wildman–Crippen LogP) is 3.81. The summed E-state index contributed by atoms with van der Waals surface area (Å²) >= 11 is 1.76. The average Bonchev–Trinajstić information content (AvgIpc) is 3.32. The van der Waals surface area contributed by atoms with E-state index in [-0.39, 0.29) is 0 Å². The van der Waals surface area contributed by atoms with Crippen LogP contribution in [0.1, 0.15) is 22.6 Å². The Hall–Kier alpha value is -1.69. The summed E-state index contributed by atoms with van der Waals surface area (Å²) in [6.45, 7) is 7.38. The molecule has 1 atom stereocenters. The summed E-state index contributed by atoms with van der Waals surface area (Å²) in [7, 11) is 0. The van der Waals surface area contributed by atoms with Gasteiger partial charge in [-0.25, -0.2) is 4.98 Å². The number of fused-ring (bicyclic) bond motifs is 1. The van der Waals surface area contributed by atoms with Crippen molar-refractivity contribution in [2.75, 3.05) is 19.6 Å². The van der Waals surface area contributed by atoms with E-state index in [1.807, 2.05) is 23.9 Å². The minimum absolute atomic E-state index is 0.733. The molecule has 0 spiro atoms. The molecule has 0 unspecified atom stereocenters. The summed E-state index contributed by atoms with van der Waals surface area (Å²) in [6, 6.07) is 8.30. The molecule has 1 saturated heterocycles. The molecule has 3 aromatic rings. The van der Waals surface area contributed by atoms with Crippen molar-refractivity contribution in [1.82, 2.24) is 15.2 Å². The van der Waals surface area contributed by atoms with Crippen molar-refractivity contribution < 1.29 is 4.42 Å². The molecule has 24 heavy (non-hydrogen) atoms. The number of hydrogen-bond donors (Lipinski definition) is 1. The number of benzene rings is 1. The highest BCUT2D eigenvalue weighted by Gasteiger charge is 2.20. The zero-order chi connectivity index (χ0) is 16.4. The number of furan rings is 1. The SMILES string of the molecule is Cc1ncsc1CN(Cc1coc2ccccc12)C[C@@H]1CCNC1. The normalized spacial score (nSPS) is 18.0. The highest BCUT2D eigenvalue weighted by atomic mass is 32.1. The van der Waals surface area contributed by atoms with Gasteiger partial charge in [-0.1, -0.05) is 18.2 Å². The third-order valence-electron chi connectivity index (χ3n) is 4.85. The maximum Gasteiger partial charge on any atom is 0.134 e. The molecule has 4 rings (SSSR count). The van der Waals surface area contributed by atoms with Gasteiger partial charge in [0.2, 0.25) is 0 Å². The molecule has 0 bridgehead atoms. The Kier molecular flexibility index (Phi) is 4.65. The molecule has 0 aliphatic carbocycles. The van der Waals surface area contributed by atoms with Gasteiger partial charge in [0.25, 0.3) is 0 Å². The summed E-state index contributed by atoms with van der Waals surface area (Å²) in [5, 5.41) is 4.71. The van der Waals surface area contributed by atoms with Gasteiger partial charge in [0, 0.05) is 35.5 Å². The first-order valence-electron chi connectivity index (χ1n) is 8.57. The van der Waals surface area contributed by atoms with E-state index in [1.165, 1.54) is 22.2 Å². The molecule has 0 amide bonds. The average molecular weight is 341 g/mol. The predicted molar refractivity (Wildman–Crippen MR) is 98.2 cm³/mol. The molecule has 126 valence electrons. The molecular formula is C19H23N3OS. The number of hydrogen-bond acceptors (Lipinski definition) is 5. The van der Waals surface area contributed by atoms with Crippen molar-refractivity contribution >= 4 is 22.3 Å². The van der Waals surface area contributed by atoms with E-state index < -0.39 is 0 Å². The van der Waals surface area contributed by atoms with Crippen LogP contribution < -0.4 is 5.32 Å². The summed E-state index contributed by atoms with van der Waals surface area (Å²) in [5.41, 5.74) is 5.36. The van der Waals surface area contributed by atoms with Crippen molar-refractivity contribution in [2.45, 2.75) is 26.4 Å². The van der Waals surface area contributed by atoms with Crippen molar-refractivity contribution in [3.8, 4) is 0 Å². The highest BCUT2D eigenvalue weighted by Crippen LogP contribution is 2.25. The summed E-state index contributed by atoms with van der Waals surface area (Å²) in [4.78, 5) is 8.33. The Morgan fingerprint density at radius 3 is 3.04 bits per heavy atom. The molecule has 1 aliphatic rings. The molecule has 2 aromatic heterocycles. The number of aromatic nitrogens is 1. The first-order valence-corrected chi connectivity index (χ1v) is 9.44. The number of nitrogens with zero attached hydrogens (tertiary/aromatic N) is 2. The molecule has 0 radical (unpaired) electrons. The minimum atomic E-state index is 0.733. The molecule has 1 aliphatic heterocycles. The number of thiazole rings is 1. The highest BCUT2D eigenvalue weighted by molar-refractivity contribution is 7.09. The fraction of sp³-hybridized carbons (Fsp3) is 0.421. The maximum atomic E-state index is 5.73. The molecule has 4 nitrogen and oxygen atoms in total. The Morgan fingerprint density at radius 2 is 2.25 bits per heavy atom. The lowest BCUT2D eigenvalue weighted by atomic mass is 10.1. The summed E-state index contributed by atoms with van der Waals surface area (Å²) in [5.74, 6) is 0.733. The standard InChI is InChI=1S/C19H23N3OS/c1-14-19(24-13-21-14)11-22(9-15-6-7-20-8-15)10-16-12-23-18-5-3-2-4-17(16)18/h2-5,12-13,15,20H,6-11H2,1H3/t15-/m1/s1. The van der Waals surface area contributed by atoms with Crippen LogP contribution in [0.2, 0.25) is 0 Å². The van der Waals surface area contributed by atoms with Crippen molar-refractivity contribution in [3.63, 3.8) is 0 Å². The van der Waals surface area contributed by atoms with Gasteiger partial charge in [0.15, 0.2) is 0 Å². The number of rotatable bonds is 6. The van der Waals surface area contributed by atoms with Gasteiger partial charge in [-0.05, 0) is 38.4 Å². The Balaban J connectivity index is 1.55. The van der Waals surface area contributed by atoms with E-state index in [9.17, 15) is 0 Å². The topological polar surface area (TPSA) is 41.3 Å². The van der Waals surface area contributed by atoms with Crippen LogP contribution in [-0.4, -0.2) is 29.5 Å². The van der Waals surface area contributed by atoms with E-state index >= 15 is 0 Å². The van der Waals surface area contributed by atoms with Gasteiger partial charge >= 0.3 is 0 Å². The Morgan fingerprint density at radius 1 is 1.33 bits per heavy atom. The molecule has 5 heteroatoms. The van der Waals surface area contributed by atoms with Gasteiger partial charge in [0.05, 0.1) is 17.5 Å². The lowest BCUT2D eigenvalue weighted by molar-refractivity contribution is 0.222. The van der Waals surface area contributed by atoms with E-state index in [0.717, 1.165) is 49.9 Å². The summed E-state index contributed by atoms with van der Waals surface area (Å²) in [6.07, 6.45) is 3.19. The van der Waals surface area contributed by atoms with E-state index in [4.69, 9.17) is 4.42 Å². The molecule has 1 aromatic carbocycles. The largest absolute Gasteiger partial charge is 0.464 e. The molecule has 1 N–H and O–H groups in total. The Labute approximate surface area is 146 Å². The van der Waals surface area contributed by atoms with E-state index in [1.54, 1.807) is 11.3 Å². The van der Waals surface area contributed by atoms with Gasteiger partial charge < -0.3 is 9.73 Å². The third-order valence-corrected chi connectivity index (χ3v) is 5.77. The quantitative estimate of drug-likeness (QED) is 0.740. The first-order chi connectivity index (χ1) is 11.8. The second-order valence-corrected chi connectivity index (χ2v) is 7.59. The van der Waals surface area contributed by atoms with Crippen LogP contribution >= 0.6 is 11.3 Å². The minimum Gasteiger partial charge on any atom is -0.464 e. The van der Waals surface area contributed by atoms with Crippen LogP contribution in [0.4, 0.5) is 0 Å². The van der Waals surface area contributed by atoms with Crippen molar-refractivity contribution in [2.24, 2.45) is 5.92 Å². The molecule has 3 heterocycles. The lowest BCUT2D eigenvalue weighted by Gasteiger charge is -2.24. The summed E-state index contributed by atoms with van der Waals surface area (Å²) < 4.78 is 5.73. The second kappa shape index (κ2) is 7.05. The van der Waals surface area contributed by atoms with Crippen LogP contribution in [0.5, 0.6) is 0 Å². The fourth-order valence-electron chi connectivity index (χ4n) is 3.50. The van der Waals surface area contributed by atoms with Crippen molar-refractivity contribution in [1.29, 1.82) is 0 Å². The van der Waals surface area contributed by atoms with Gasteiger partial charge in [-0.3, -0.25) is 4.90 Å². The van der Waals surface area contributed by atoms with Crippen LogP contribution in [0.3, 0.4) is 0 Å². The fourth-order valence-corrected chi connectivity index (χ4v) is 4.32. The third kappa shape index (κ3) is 3.38. The first kappa shape index (κ1) is 15.8. The zero-order valence-electron chi connectivity index (χ0n) is 14.0. The Bertz CT molecular complexity index is 804. The van der Waals surface area contributed by atoms with Crippen LogP contribution in [0, 0.1) is 12.8 Å². The smallest absolute Gasteiger partial charge is 0.134 e. The lowest BCUT2D eigenvalue weighted by Crippen LogP contribution is -2.29. The molecular weight excluding hydrogens is 318 g/mol. The number of aryl methyl sites for hydroxylation is 1. The second-order valence-electron chi connectivity index (χ2n) is 6.65. The number of para-hydroxylation sites is 1. The number of nitrogens with one attached hydrogen (secondary N) is 1. The van der Waals surface area contributed by atoms with E-state index in [0.29, 0.717) is 0 Å². The van der Waals surface area contributed by atoms with Gasteiger partial charge in [-0.2, -0.15) is 0 Å². The van der Waals surface area contributed by atoms with Crippen LogP contribution in [0.25, 0.3) is 11.0 Å². The van der Waals surface area contributed by atoms with Gasteiger partial charge in [-0.15, -0.1) is 11.3 Å². The van der Waals surface area contributed by atoms with Crippen molar-refractivity contribution in [3.05, 3.63) is 52.2 Å². The monoisotopic (exact) mass is 341 g/mol. The maximum absolute atomic E-state index is 5.73. The van der Waals surface area contributed by atoms with E-state index in [2.05, 4.69) is 34.3 Å².